The van der Waals surface area contributed by atoms with Gasteiger partial charge in [0.15, 0.2) is 0 Å². The Morgan fingerprint density at radius 3 is 2.50 bits per heavy atom. The molecule has 1 aromatic carbocycles. The molecule has 1 spiro atoms. The number of nitrogens with one attached hydrogen (secondary N) is 1. The van der Waals surface area contributed by atoms with Crippen LogP contribution in [0.2, 0.25) is 0 Å². The maximum atomic E-state index is 12.5. The zero-order valence-corrected chi connectivity index (χ0v) is 18.6. The van der Waals surface area contributed by atoms with Gasteiger partial charge in [0, 0.05) is 4.75 Å². The van der Waals surface area contributed by atoms with Crippen LogP contribution in [0.4, 0.5) is 0 Å². The van der Waals surface area contributed by atoms with Crippen LogP contribution < -0.4 is 61.8 Å². The van der Waals surface area contributed by atoms with E-state index in [2.05, 4.69) is 5.32 Å². The molecule has 3 aliphatic rings. The number of rotatable bonds is 4. The zero-order valence-electron chi connectivity index (χ0n) is 14.6. The number of β-lactam (4-membered cyclic amide) rings is 1. The number of benzene rings is 1. The second kappa shape index (κ2) is 7.93. The molecule has 2 heterocycles. The number of carboxylic acids is 1. The molecule has 2 aliphatic heterocycles. The minimum Gasteiger partial charge on any atom is -0.548 e. The maximum absolute atomic E-state index is 12.5. The van der Waals surface area contributed by atoms with Crippen molar-refractivity contribution in [2.75, 3.05) is 0 Å². The topological polar surface area (TPSA) is 89.5 Å². The first-order valence-corrected chi connectivity index (χ1v) is 9.44. The van der Waals surface area contributed by atoms with E-state index in [9.17, 15) is 19.5 Å². The summed E-state index contributed by atoms with van der Waals surface area (Å²) < 4.78 is -0.446. The molecule has 1 aliphatic carbocycles. The Bertz CT molecular complexity index is 723. The van der Waals surface area contributed by atoms with E-state index in [1.807, 2.05) is 30.3 Å². The quantitative estimate of drug-likeness (QED) is 0.433. The Hall–Kier alpha value is -0.384. The molecular formula is C18H19KN2O4S. The van der Waals surface area contributed by atoms with Gasteiger partial charge in [-0.1, -0.05) is 43.2 Å². The molecule has 2 saturated heterocycles. The van der Waals surface area contributed by atoms with Crippen LogP contribution in [0.15, 0.2) is 30.3 Å². The van der Waals surface area contributed by atoms with Crippen molar-refractivity contribution in [2.24, 2.45) is 0 Å². The van der Waals surface area contributed by atoms with Crippen molar-refractivity contribution in [1.82, 2.24) is 10.2 Å². The number of carboxylic acid groups (broad SMARTS) is 1. The van der Waals surface area contributed by atoms with Crippen molar-refractivity contribution in [3.8, 4) is 0 Å². The van der Waals surface area contributed by atoms with Gasteiger partial charge in [-0.05, 0) is 18.4 Å². The van der Waals surface area contributed by atoms with Gasteiger partial charge in [0.05, 0.1) is 18.4 Å². The third kappa shape index (κ3) is 3.40. The fourth-order valence-electron chi connectivity index (χ4n) is 4.28. The number of thioether (sulfide) groups is 1. The molecule has 3 fully saturated rings. The summed E-state index contributed by atoms with van der Waals surface area (Å²) in [4.78, 5) is 37.8. The maximum Gasteiger partial charge on any atom is 1.00 e. The van der Waals surface area contributed by atoms with E-state index < -0.39 is 22.8 Å². The Kier molecular flexibility index (Phi) is 6.21. The first-order valence-electron chi connectivity index (χ1n) is 8.56. The van der Waals surface area contributed by atoms with Crippen LogP contribution in [0, 0.1) is 0 Å². The van der Waals surface area contributed by atoms with Crippen LogP contribution >= 0.6 is 11.8 Å². The summed E-state index contributed by atoms with van der Waals surface area (Å²) in [5.74, 6) is -1.71. The Labute approximate surface area is 198 Å². The number of carbonyl (C=O) groups is 3. The van der Waals surface area contributed by atoms with Crippen LogP contribution in [0.25, 0.3) is 0 Å². The van der Waals surface area contributed by atoms with Gasteiger partial charge in [0.25, 0.3) is 0 Å². The molecule has 6 nitrogen and oxygen atoms in total. The smallest absolute Gasteiger partial charge is 0.548 e. The molecule has 0 radical (unpaired) electrons. The summed E-state index contributed by atoms with van der Waals surface area (Å²) >= 11 is 1.54. The second-order valence-electron chi connectivity index (χ2n) is 6.95. The average molecular weight is 399 g/mol. The summed E-state index contributed by atoms with van der Waals surface area (Å²) in [7, 11) is 0. The summed E-state index contributed by atoms with van der Waals surface area (Å²) in [5.41, 5.74) is 0.877. The van der Waals surface area contributed by atoms with E-state index in [1.54, 1.807) is 0 Å². The predicted octanol–water partition coefficient (Wildman–Crippen LogP) is -2.94. The van der Waals surface area contributed by atoms with Gasteiger partial charge in [-0.3, -0.25) is 9.59 Å². The van der Waals surface area contributed by atoms with Gasteiger partial charge in [0.1, 0.15) is 11.4 Å². The van der Waals surface area contributed by atoms with Gasteiger partial charge in [-0.15, -0.1) is 11.8 Å². The number of hydrogen-bond donors (Lipinski definition) is 1. The molecule has 26 heavy (non-hydrogen) atoms. The first kappa shape index (κ1) is 20.4. The van der Waals surface area contributed by atoms with Crippen molar-refractivity contribution in [3.63, 3.8) is 0 Å². The largest absolute Gasteiger partial charge is 1.00 e. The molecule has 132 valence electrons. The first-order chi connectivity index (χ1) is 12.0. The van der Waals surface area contributed by atoms with E-state index in [4.69, 9.17) is 0 Å². The van der Waals surface area contributed by atoms with Gasteiger partial charge < -0.3 is 20.1 Å². The van der Waals surface area contributed by atoms with Gasteiger partial charge in [0.2, 0.25) is 11.8 Å². The van der Waals surface area contributed by atoms with Crippen LogP contribution in [-0.4, -0.2) is 44.9 Å². The Balaban J connectivity index is 0.00000196. The van der Waals surface area contributed by atoms with Crippen LogP contribution in [-0.2, 0) is 20.8 Å². The van der Waals surface area contributed by atoms with Gasteiger partial charge >= 0.3 is 51.4 Å². The number of nitrogens with zero attached hydrogens (tertiary/aromatic N) is 1. The summed E-state index contributed by atoms with van der Waals surface area (Å²) in [6, 6.07) is 7.81. The molecule has 8 heteroatoms. The van der Waals surface area contributed by atoms with Crippen molar-refractivity contribution >= 4 is 29.5 Å². The van der Waals surface area contributed by atoms with E-state index >= 15 is 0 Å². The second-order valence-corrected chi connectivity index (χ2v) is 8.49. The zero-order chi connectivity index (χ0) is 17.6. The summed E-state index contributed by atoms with van der Waals surface area (Å²) in [6.07, 6.45) is 3.70. The number of fused-ring (bicyclic) bond motifs is 1. The van der Waals surface area contributed by atoms with Crippen molar-refractivity contribution in [2.45, 2.75) is 54.3 Å². The molecule has 2 unspecified atom stereocenters. The molecule has 3 atom stereocenters. The van der Waals surface area contributed by atoms with Gasteiger partial charge in [-0.2, -0.15) is 0 Å². The third-order valence-electron chi connectivity index (χ3n) is 5.41. The number of aliphatic carboxylic acids is 1. The molecule has 2 amide bonds. The molecule has 1 saturated carbocycles. The van der Waals surface area contributed by atoms with Crippen molar-refractivity contribution in [3.05, 3.63) is 35.9 Å². The molecular weight excluding hydrogens is 379 g/mol. The average Bonchev–Trinajstić information content (AvgIpc) is 3.17. The molecule has 1 aromatic rings. The van der Waals surface area contributed by atoms with Gasteiger partial charge in [-0.25, -0.2) is 0 Å². The SMILES string of the molecule is O=C(Cc1ccccc1)NC1C(=O)N2C(C(=O)[O-])C3(CCCC3)S[C@@H]12.[K+]. The number of amides is 2. The molecule has 0 aromatic heterocycles. The minimum atomic E-state index is -1.18. The fourth-order valence-corrected chi connectivity index (χ4v) is 6.28. The van der Waals surface area contributed by atoms with Crippen molar-refractivity contribution in [1.29, 1.82) is 0 Å². The van der Waals surface area contributed by atoms with Crippen LogP contribution in [0.3, 0.4) is 0 Å². The minimum absolute atomic E-state index is 0. The monoisotopic (exact) mass is 398 g/mol. The van der Waals surface area contributed by atoms with E-state index in [0.29, 0.717) is 0 Å². The van der Waals surface area contributed by atoms with Crippen molar-refractivity contribution < 1.29 is 70.9 Å². The normalized spacial score (nSPS) is 28.2. The Morgan fingerprint density at radius 1 is 1.23 bits per heavy atom. The molecule has 4 rings (SSSR count). The fraction of sp³-hybridized carbons (Fsp3) is 0.500. The third-order valence-corrected chi connectivity index (χ3v) is 7.25. The Morgan fingerprint density at radius 2 is 1.88 bits per heavy atom. The standard InChI is InChI=1S/C18H20N2O4S.K/c21-12(10-11-6-2-1-3-7-11)19-13-15(22)20-14(17(23)24)18(25-16(13)20)8-4-5-9-18;/h1-3,6-7,13-14,16H,4-5,8-10H2,(H,19,21)(H,23,24);/q;+1/p-1/t13?,14?,16-;/m0./s1. The number of hydrogen-bond acceptors (Lipinski definition) is 5. The van der Waals surface area contributed by atoms with Crippen LogP contribution in [0.5, 0.6) is 0 Å². The van der Waals surface area contributed by atoms with E-state index in [0.717, 1.165) is 31.2 Å². The number of carbonyl (C=O) groups excluding carboxylic acids is 3. The summed E-state index contributed by atoms with van der Waals surface area (Å²) in [5, 5.41) is 14.2. The molecule has 0 bridgehead atoms. The van der Waals surface area contributed by atoms with Crippen LogP contribution in [0.1, 0.15) is 31.2 Å². The predicted molar refractivity (Wildman–Crippen MR) is 90.3 cm³/mol. The van der Waals surface area contributed by atoms with E-state index in [-0.39, 0.29) is 75.0 Å². The van der Waals surface area contributed by atoms with E-state index in [1.165, 1.54) is 16.7 Å². The summed E-state index contributed by atoms with van der Waals surface area (Å²) in [6.45, 7) is 0. The molecule has 1 N–H and O–H groups in total.